The molecule has 0 aromatic heterocycles. The maximum atomic E-state index is 12.7. The molecule has 1 atom stereocenters. The third-order valence-electron chi connectivity index (χ3n) is 5.72. The second-order valence-corrected chi connectivity index (χ2v) is 13.0. The van der Waals surface area contributed by atoms with Gasteiger partial charge < -0.3 is 28.5 Å². The molecule has 14 nitrogen and oxygen atoms in total. The van der Waals surface area contributed by atoms with Crippen molar-refractivity contribution in [1.29, 1.82) is 0 Å². The first-order valence-corrected chi connectivity index (χ1v) is 16.1. The Bertz CT molecular complexity index is 1370. The average molecular weight is 645 g/mol. The van der Waals surface area contributed by atoms with E-state index in [9.17, 15) is 27.4 Å². The lowest BCUT2D eigenvalue weighted by molar-refractivity contribution is -0.142. The van der Waals surface area contributed by atoms with Gasteiger partial charge in [-0.25, -0.2) is 22.6 Å². The zero-order valence-corrected chi connectivity index (χ0v) is 26.4. The fraction of sp³-hybridized carbons (Fsp3) is 0.444. The molecular formula is C27H37N2O12PS. The molecule has 2 aromatic rings. The van der Waals surface area contributed by atoms with Gasteiger partial charge in [0.15, 0.2) is 9.84 Å². The highest BCUT2D eigenvalue weighted by atomic mass is 32.2. The van der Waals surface area contributed by atoms with Gasteiger partial charge in [0.25, 0.3) is 0 Å². The molecule has 238 valence electrons. The Balaban J connectivity index is 1.68. The van der Waals surface area contributed by atoms with Crippen molar-refractivity contribution >= 4 is 35.8 Å². The Morgan fingerprint density at radius 3 is 1.91 bits per heavy atom. The molecular weight excluding hydrogens is 607 g/mol. The van der Waals surface area contributed by atoms with E-state index < -0.39 is 35.8 Å². The number of sulfone groups is 1. The molecule has 43 heavy (non-hydrogen) atoms. The number of hydrogen-bond acceptors (Lipinski definition) is 12. The zero-order valence-electron chi connectivity index (χ0n) is 24.7. The molecule has 0 aliphatic heterocycles. The summed E-state index contributed by atoms with van der Waals surface area (Å²) in [5, 5.41) is 0. The van der Waals surface area contributed by atoms with Crippen LogP contribution in [-0.4, -0.2) is 96.2 Å². The van der Waals surface area contributed by atoms with Gasteiger partial charge in [0.1, 0.15) is 25.6 Å². The van der Waals surface area contributed by atoms with Crippen molar-refractivity contribution in [2.24, 2.45) is 0 Å². The minimum absolute atomic E-state index is 0.0790. The largest absolute Gasteiger partial charge is 0.529 e. The number of ether oxygens (including phenoxy) is 3. The zero-order chi connectivity index (χ0) is 32.0. The Morgan fingerprint density at radius 2 is 1.37 bits per heavy atom. The van der Waals surface area contributed by atoms with Crippen LogP contribution < -0.4 is 4.52 Å². The highest BCUT2D eigenvalue weighted by molar-refractivity contribution is 7.91. The number of aryl methyl sites for hydroxylation is 1. The van der Waals surface area contributed by atoms with E-state index in [4.69, 9.17) is 27.8 Å². The lowest BCUT2D eigenvalue weighted by atomic mass is 10.2. The summed E-state index contributed by atoms with van der Waals surface area (Å²) in [5.74, 6) is -0.600. The maximum absolute atomic E-state index is 12.7. The summed E-state index contributed by atoms with van der Waals surface area (Å²) in [7, 11) is -3.58. The lowest BCUT2D eigenvalue weighted by Crippen LogP contribution is -2.38. The van der Waals surface area contributed by atoms with Gasteiger partial charge in [0.2, 0.25) is 0 Å². The highest BCUT2D eigenvalue weighted by Crippen LogP contribution is 2.48. The van der Waals surface area contributed by atoms with Gasteiger partial charge in [-0.2, -0.15) is 0 Å². The fourth-order valence-corrected chi connectivity index (χ4v) is 5.16. The topological polar surface area (TPSA) is 164 Å². The number of esters is 1. The van der Waals surface area contributed by atoms with Gasteiger partial charge in [-0.1, -0.05) is 29.8 Å². The SMILES string of the molecule is COP(=O)(OCCOC(=O)N(C)CCN(C)C(=O)OCCS(=O)(=O)c1ccc(C)cc1)Oc1ccc(COC(C)=O)cc1. The summed E-state index contributed by atoms with van der Waals surface area (Å²) in [4.78, 5) is 37.9. The summed E-state index contributed by atoms with van der Waals surface area (Å²) in [6.07, 6.45) is -1.48. The summed E-state index contributed by atoms with van der Waals surface area (Å²) in [5.41, 5.74) is 1.62. The van der Waals surface area contributed by atoms with E-state index in [1.54, 1.807) is 24.3 Å². The Kier molecular flexibility index (Phi) is 13.9. The predicted molar refractivity (Wildman–Crippen MR) is 154 cm³/mol. The van der Waals surface area contributed by atoms with E-state index in [1.165, 1.54) is 55.1 Å². The molecule has 2 rings (SSSR count). The monoisotopic (exact) mass is 644 g/mol. The van der Waals surface area contributed by atoms with Gasteiger partial charge >= 0.3 is 26.0 Å². The fourth-order valence-electron chi connectivity index (χ4n) is 3.16. The first-order chi connectivity index (χ1) is 20.2. The van der Waals surface area contributed by atoms with Crippen molar-refractivity contribution < 1.29 is 55.1 Å². The molecule has 1 unspecified atom stereocenters. The standard InChI is InChI=1S/C27H37N2O12PS/c1-21-6-12-25(13-7-21)43(34,35)19-18-38-27(32)29(4)15-14-28(3)26(31)37-16-17-40-42(33,36-5)41-24-10-8-23(9-11-24)20-39-22(2)30/h6-13H,14-20H2,1-5H3. The van der Waals surface area contributed by atoms with Crippen molar-refractivity contribution in [2.45, 2.75) is 25.3 Å². The minimum atomic E-state index is -4.01. The quantitative estimate of drug-likeness (QED) is 0.112. The van der Waals surface area contributed by atoms with E-state index in [-0.39, 0.29) is 55.9 Å². The van der Waals surface area contributed by atoms with Crippen LogP contribution in [0, 0.1) is 6.92 Å². The molecule has 0 heterocycles. The molecule has 0 saturated carbocycles. The molecule has 0 bridgehead atoms. The van der Waals surface area contributed by atoms with Crippen LogP contribution in [0.2, 0.25) is 0 Å². The van der Waals surface area contributed by atoms with Crippen LogP contribution in [0.1, 0.15) is 18.1 Å². The van der Waals surface area contributed by atoms with Gasteiger partial charge in [-0.3, -0.25) is 13.8 Å². The van der Waals surface area contributed by atoms with Crippen molar-refractivity contribution in [3.8, 4) is 5.75 Å². The number of amides is 2. The van der Waals surface area contributed by atoms with E-state index in [0.717, 1.165) is 12.7 Å². The highest BCUT2D eigenvalue weighted by Gasteiger charge is 2.27. The molecule has 0 aliphatic rings. The summed E-state index contributed by atoms with van der Waals surface area (Å²) < 4.78 is 67.9. The van der Waals surface area contributed by atoms with Gasteiger partial charge in [0.05, 0.1) is 17.3 Å². The number of phosphoric acid groups is 1. The smallest absolute Gasteiger partial charge is 0.461 e. The Morgan fingerprint density at radius 1 is 0.814 bits per heavy atom. The molecule has 0 aliphatic carbocycles. The van der Waals surface area contributed by atoms with E-state index in [0.29, 0.717) is 5.56 Å². The van der Waals surface area contributed by atoms with Gasteiger partial charge in [-0.05, 0) is 36.8 Å². The number of carbonyl (C=O) groups is 3. The Hall–Kier alpha value is -3.65. The molecule has 0 N–H and O–H groups in total. The van der Waals surface area contributed by atoms with Crippen LogP contribution in [0.5, 0.6) is 5.75 Å². The van der Waals surface area contributed by atoms with Crippen LogP contribution in [0.4, 0.5) is 9.59 Å². The average Bonchev–Trinajstić information content (AvgIpc) is 2.97. The van der Waals surface area contributed by atoms with E-state index in [2.05, 4.69) is 0 Å². The second kappa shape index (κ2) is 16.8. The van der Waals surface area contributed by atoms with Crippen molar-refractivity contribution in [1.82, 2.24) is 9.80 Å². The number of benzene rings is 2. The predicted octanol–water partition coefficient (Wildman–Crippen LogP) is 3.82. The van der Waals surface area contributed by atoms with E-state index >= 15 is 0 Å². The van der Waals surface area contributed by atoms with Crippen LogP contribution in [0.3, 0.4) is 0 Å². The van der Waals surface area contributed by atoms with Gasteiger partial charge in [-0.15, -0.1) is 0 Å². The first kappa shape index (κ1) is 35.5. The summed E-state index contributed by atoms with van der Waals surface area (Å²) in [6.45, 7) is 2.49. The first-order valence-electron chi connectivity index (χ1n) is 13.0. The van der Waals surface area contributed by atoms with E-state index in [1.807, 2.05) is 6.92 Å². The van der Waals surface area contributed by atoms with Crippen LogP contribution in [0.25, 0.3) is 0 Å². The Labute approximate surface area is 251 Å². The van der Waals surface area contributed by atoms with Gasteiger partial charge in [0, 0.05) is 41.2 Å². The number of hydrogen-bond donors (Lipinski definition) is 0. The minimum Gasteiger partial charge on any atom is -0.461 e. The third kappa shape index (κ3) is 12.6. The number of nitrogens with zero attached hydrogens (tertiary/aromatic N) is 2. The maximum Gasteiger partial charge on any atom is 0.529 e. The molecule has 0 radical (unpaired) electrons. The number of rotatable bonds is 16. The van der Waals surface area contributed by atoms with Crippen molar-refractivity contribution in [3.05, 3.63) is 59.7 Å². The lowest BCUT2D eigenvalue weighted by Gasteiger charge is -2.22. The number of carbonyl (C=O) groups excluding carboxylic acids is 3. The van der Waals surface area contributed by atoms with Crippen molar-refractivity contribution in [2.75, 3.05) is 59.9 Å². The normalized spacial score (nSPS) is 12.5. The molecule has 16 heteroatoms. The third-order valence-corrected chi connectivity index (χ3v) is 8.79. The number of likely N-dealkylation sites (N-methyl/N-ethyl adjacent to an activating group) is 2. The molecule has 0 saturated heterocycles. The number of phosphoric ester groups is 1. The molecule has 2 amide bonds. The molecule has 0 fully saturated rings. The summed E-state index contributed by atoms with van der Waals surface area (Å²) in [6, 6.07) is 12.6. The second-order valence-electron chi connectivity index (χ2n) is 9.18. The van der Waals surface area contributed by atoms with Crippen molar-refractivity contribution in [3.63, 3.8) is 0 Å². The summed E-state index contributed by atoms with van der Waals surface area (Å²) >= 11 is 0. The van der Waals surface area contributed by atoms with Crippen LogP contribution >= 0.6 is 7.82 Å². The van der Waals surface area contributed by atoms with Crippen LogP contribution in [-0.2, 0) is 49.1 Å². The molecule has 2 aromatic carbocycles. The molecule has 0 spiro atoms. The van der Waals surface area contributed by atoms with Crippen LogP contribution in [0.15, 0.2) is 53.4 Å².